The predicted octanol–water partition coefficient (Wildman–Crippen LogP) is 4.43. The lowest BCUT2D eigenvalue weighted by Gasteiger charge is -2.18. The molecular formula is C22H22N4O. The quantitative estimate of drug-likeness (QED) is 0.733. The van der Waals surface area contributed by atoms with Crippen LogP contribution in [0.1, 0.15) is 31.7 Å². The Kier molecular flexibility index (Phi) is 4.83. The Morgan fingerprint density at radius 3 is 2.78 bits per heavy atom. The normalized spacial score (nSPS) is 14.5. The maximum absolute atomic E-state index is 11.9. The second-order valence-electron chi connectivity index (χ2n) is 6.87. The molecule has 0 saturated heterocycles. The molecule has 0 amide bonds. The van der Waals surface area contributed by atoms with Gasteiger partial charge in [0.15, 0.2) is 5.78 Å². The molecule has 1 aliphatic carbocycles. The van der Waals surface area contributed by atoms with Gasteiger partial charge in [-0.25, -0.2) is 4.68 Å². The van der Waals surface area contributed by atoms with Crippen LogP contribution in [0.15, 0.2) is 72.1 Å². The average molecular weight is 358 g/mol. The van der Waals surface area contributed by atoms with E-state index in [9.17, 15) is 4.79 Å². The number of hydrogen-bond acceptors (Lipinski definition) is 4. The van der Waals surface area contributed by atoms with Crippen LogP contribution in [-0.4, -0.2) is 20.8 Å². The zero-order chi connectivity index (χ0) is 18.6. The first-order valence-corrected chi connectivity index (χ1v) is 9.23. The van der Waals surface area contributed by atoms with Crippen molar-refractivity contribution in [2.24, 2.45) is 0 Å². The molecule has 1 aromatic heterocycles. The molecule has 2 aromatic carbocycles. The van der Waals surface area contributed by atoms with Gasteiger partial charge in [0.05, 0.1) is 12.7 Å². The van der Waals surface area contributed by atoms with E-state index in [1.54, 1.807) is 0 Å². The molecule has 0 spiro atoms. The van der Waals surface area contributed by atoms with Gasteiger partial charge in [0.1, 0.15) is 5.69 Å². The van der Waals surface area contributed by atoms with Gasteiger partial charge >= 0.3 is 0 Å². The van der Waals surface area contributed by atoms with Crippen LogP contribution < -0.4 is 5.32 Å². The summed E-state index contributed by atoms with van der Waals surface area (Å²) in [6.07, 6.45) is 4.43. The summed E-state index contributed by atoms with van der Waals surface area (Å²) >= 11 is 0. The van der Waals surface area contributed by atoms with Crippen LogP contribution in [0.25, 0.3) is 11.3 Å². The highest BCUT2D eigenvalue weighted by atomic mass is 16.1. The summed E-state index contributed by atoms with van der Waals surface area (Å²) in [5, 5.41) is 12.0. The highest BCUT2D eigenvalue weighted by Crippen LogP contribution is 2.26. The van der Waals surface area contributed by atoms with Gasteiger partial charge in [-0.2, -0.15) is 0 Å². The number of Topliss-reactive ketones (excluding diaryl/α,β-unsaturated/α-hetero) is 1. The third-order valence-corrected chi connectivity index (χ3v) is 4.88. The maximum atomic E-state index is 11.9. The molecule has 0 aliphatic heterocycles. The summed E-state index contributed by atoms with van der Waals surface area (Å²) in [5.74, 6) is 0.240. The van der Waals surface area contributed by atoms with Gasteiger partial charge in [0, 0.05) is 28.9 Å². The van der Waals surface area contributed by atoms with Crippen molar-refractivity contribution in [3.05, 3.63) is 77.6 Å². The molecule has 0 radical (unpaired) electrons. The minimum Gasteiger partial charge on any atom is -0.359 e. The summed E-state index contributed by atoms with van der Waals surface area (Å²) in [6, 6.07) is 18.3. The van der Waals surface area contributed by atoms with Crippen LogP contribution in [0.4, 0.5) is 5.69 Å². The lowest BCUT2D eigenvalue weighted by atomic mass is 9.96. The Labute approximate surface area is 158 Å². The van der Waals surface area contributed by atoms with Crippen LogP contribution in [0.2, 0.25) is 0 Å². The molecule has 1 N–H and O–H groups in total. The second kappa shape index (κ2) is 7.58. The lowest BCUT2D eigenvalue weighted by Crippen LogP contribution is -2.14. The number of aromatic nitrogens is 3. The van der Waals surface area contributed by atoms with Crippen molar-refractivity contribution in [1.82, 2.24) is 15.0 Å². The van der Waals surface area contributed by atoms with Crippen molar-refractivity contribution in [2.45, 2.75) is 32.7 Å². The van der Waals surface area contributed by atoms with Gasteiger partial charge in [0.25, 0.3) is 0 Å². The number of ketones is 1. The monoisotopic (exact) mass is 358 g/mol. The van der Waals surface area contributed by atoms with E-state index in [1.807, 2.05) is 54.2 Å². The Hall–Kier alpha value is -3.21. The zero-order valence-corrected chi connectivity index (χ0v) is 15.4. The Balaban J connectivity index is 1.53. The fourth-order valence-electron chi connectivity index (χ4n) is 3.33. The Morgan fingerprint density at radius 2 is 1.93 bits per heavy atom. The van der Waals surface area contributed by atoms with E-state index < -0.39 is 0 Å². The van der Waals surface area contributed by atoms with E-state index in [0.29, 0.717) is 13.0 Å². The first-order valence-electron chi connectivity index (χ1n) is 9.23. The van der Waals surface area contributed by atoms with Gasteiger partial charge in [-0.15, -0.1) is 5.10 Å². The molecule has 0 saturated carbocycles. The second-order valence-corrected chi connectivity index (χ2v) is 6.87. The molecular weight excluding hydrogens is 336 g/mol. The topological polar surface area (TPSA) is 59.8 Å². The van der Waals surface area contributed by atoms with E-state index >= 15 is 0 Å². The number of carbonyl (C=O) groups excluding carboxylic acids is 1. The molecule has 0 bridgehead atoms. The maximum Gasteiger partial charge on any atom is 0.160 e. The largest absolute Gasteiger partial charge is 0.359 e. The molecule has 27 heavy (non-hydrogen) atoms. The van der Waals surface area contributed by atoms with E-state index in [-0.39, 0.29) is 5.78 Å². The Morgan fingerprint density at radius 1 is 1.07 bits per heavy atom. The fraction of sp³-hybridized carbons (Fsp3) is 0.227. The van der Waals surface area contributed by atoms with E-state index in [1.165, 1.54) is 5.56 Å². The first-order chi connectivity index (χ1) is 13.2. The van der Waals surface area contributed by atoms with Crippen LogP contribution in [0.3, 0.4) is 0 Å². The average Bonchev–Trinajstić information content (AvgIpc) is 3.15. The van der Waals surface area contributed by atoms with Crippen molar-refractivity contribution in [3.8, 4) is 11.3 Å². The zero-order valence-electron chi connectivity index (χ0n) is 15.4. The van der Waals surface area contributed by atoms with Crippen molar-refractivity contribution in [2.75, 3.05) is 5.32 Å². The van der Waals surface area contributed by atoms with Crippen molar-refractivity contribution in [3.63, 3.8) is 0 Å². The standard InChI is InChI=1S/C22H22N4O/c1-16-20(11-6-12-22(16)27)23-19-10-5-9-18(13-19)21-15-26(25-24-21)14-17-7-3-2-4-8-17/h2-5,7-10,13,15,23H,6,11-12,14H2,1H3. The number of anilines is 1. The van der Waals surface area contributed by atoms with Crippen LogP contribution in [0.5, 0.6) is 0 Å². The number of nitrogens with zero attached hydrogens (tertiary/aromatic N) is 3. The van der Waals surface area contributed by atoms with Gasteiger partial charge < -0.3 is 5.32 Å². The summed E-state index contributed by atoms with van der Waals surface area (Å²) in [7, 11) is 0. The van der Waals surface area contributed by atoms with E-state index in [2.05, 4.69) is 33.8 Å². The molecule has 1 heterocycles. The fourth-order valence-corrected chi connectivity index (χ4v) is 3.33. The van der Waals surface area contributed by atoms with Crippen molar-refractivity contribution >= 4 is 11.5 Å². The molecule has 3 aromatic rings. The van der Waals surface area contributed by atoms with E-state index in [0.717, 1.165) is 41.1 Å². The summed E-state index contributed by atoms with van der Waals surface area (Å²) in [5.41, 5.74) is 5.86. The van der Waals surface area contributed by atoms with Gasteiger partial charge in [-0.1, -0.05) is 47.7 Å². The van der Waals surface area contributed by atoms with Gasteiger partial charge in [-0.3, -0.25) is 4.79 Å². The first kappa shape index (κ1) is 17.2. The lowest BCUT2D eigenvalue weighted by molar-refractivity contribution is -0.116. The minimum absolute atomic E-state index is 0.240. The molecule has 4 rings (SSSR count). The number of nitrogens with one attached hydrogen (secondary N) is 1. The van der Waals surface area contributed by atoms with Crippen molar-refractivity contribution in [1.29, 1.82) is 0 Å². The van der Waals surface area contributed by atoms with Crippen LogP contribution >= 0.6 is 0 Å². The SMILES string of the molecule is CC1=C(Nc2cccc(-c3cn(Cc4ccccc4)nn3)c2)CCCC1=O. The number of hydrogen-bond donors (Lipinski definition) is 1. The third-order valence-electron chi connectivity index (χ3n) is 4.88. The number of benzene rings is 2. The Bertz CT molecular complexity index is 988. The van der Waals surface area contributed by atoms with Gasteiger partial charge in [0.2, 0.25) is 0 Å². The smallest absolute Gasteiger partial charge is 0.160 e. The highest BCUT2D eigenvalue weighted by molar-refractivity contribution is 5.96. The molecule has 0 fully saturated rings. The predicted molar refractivity (Wildman–Crippen MR) is 106 cm³/mol. The summed E-state index contributed by atoms with van der Waals surface area (Å²) < 4.78 is 1.84. The third kappa shape index (κ3) is 3.97. The summed E-state index contributed by atoms with van der Waals surface area (Å²) in [6.45, 7) is 2.60. The number of carbonyl (C=O) groups is 1. The molecule has 136 valence electrons. The molecule has 5 nitrogen and oxygen atoms in total. The van der Waals surface area contributed by atoms with Crippen molar-refractivity contribution < 1.29 is 4.79 Å². The molecule has 0 atom stereocenters. The molecule has 1 aliphatic rings. The van der Waals surface area contributed by atoms with Gasteiger partial charge in [-0.05, 0) is 37.5 Å². The minimum atomic E-state index is 0.240. The number of allylic oxidation sites excluding steroid dienone is 2. The number of rotatable bonds is 5. The van der Waals surface area contributed by atoms with E-state index in [4.69, 9.17) is 0 Å². The highest BCUT2D eigenvalue weighted by Gasteiger charge is 2.17. The van der Waals surface area contributed by atoms with Crippen LogP contribution in [0, 0.1) is 0 Å². The summed E-state index contributed by atoms with van der Waals surface area (Å²) in [4.78, 5) is 11.9. The molecule has 5 heteroatoms. The van der Waals surface area contributed by atoms with Crippen LogP contribution in [-0.2, 0) is 11.3 Å². The molecule has 0 unspecified atom stereocenters.